The van der Waals surface area contributed by atoms with Gasteiger partial charge in [0, 0.05) is 19.0 Å². The van der Waals surface area contributed by atoms with Crippen molar-refractivity contribution in [2.45, 2.75) is 51.7 Å². The molecule has 1 fully saturated rings. The standard InChI is InChI=1S/C18H31N3O3/c1-14-6-10-21(11-7-14)9-4-8-19-18(23)20-15(2)13-16(22)17-5-3-12-24-17/h3,5,12,14-16,22H,4,6-11,13H2,1-2H3,(H2,19,20,23). The maximum atomic E-state index is 11.9. The normalized spacial score (nSPS) is 19.0. The zero-order valence-electron chi connectivity index (χ0n) is 14.8. The number of rotatable bonds is 8. The number of piperidine rings is 1. The zero-order valence-corrected chi connectivity index (χ0v) is 14.8. The summed E-state index contributed by atoms with van der Waals surface area (Å²) in [5.74, 6) is 1.38. The first kappa shape index (κ1) is 18.8. The highest BCUT2D eigenvalue weighted by atomic mass is 16.4. The number of carbonyl (C=O) groups is 1. The first-order valence-corrected chi connectivity index (χ1v) is 9.02. The lowest BCUT2D eigenvalue weighted by atomic mass is 9.99. The molecule has 0 aliphatic carbocycles. The largest absolute Gasteiger partial charge is 0.467 e. The summed E-state index contributed by atoms with van der Waals surface area (Å²) < 4.78 is 5.16. The Morgan fingerprint density at radius 3 is 2.88 bits per heavy atom. The van der Waals surface area contributed by atoms with E-state index in [2.05, 4.69) is 22.5 Å². The zero-order chi connectivity index (χ0) is 17.4. The Morgan fingerprint density at radius 2 is 2.21 bits per heavy atom. The molecule has 0 saturated carbocycles. The summed E-state index contributed by atoms with van der Waals surface area (Å²) in [5, 5.41) is 15.7. The fraction of sp³-hybridized carbons (Fsp3) is 0.722. The molecule has 1 saturated heterocycles. The highest BCUT2D eigenvalue weighted by Gasteiger charge is 2.17. The molecule has 6 heteroatoms. The number of nitrogens with zero attached hydrogens (tertiary/aromatic N) is 1. The molecule has 0 aromatic carbocycles. The van der Waals surface area contributed by atoms with E-state index in [0.717, 1.165) is 18.9 Å². The number of aliphatic hydroxyl groups excluding tert-OH is 1. The summed E-state index contributed by atoms with van der Waals surface area (Å²) in [7, 11) is 0. The molecule has 6 nitrogen and oxygen atoms in total. The lowest BCUT2D eigenvalue weighted by Crippen LogP contribution is -2.42. The summed E-state index contributed by atoms with van der Waals surface area (Å²) in [6.07, 6.45) is 4.79. The molecule has 1 aliphatic heterocycles. The molecule has 2 unspecified atom stereocenters. The Labute approximate surface area is 144 Å². The average Bonchev–Trinajstić information content (AvgIpc) is 3.07. The molecule has 136 valence electrons. The lowest BCUT2D eigenvalue weighted by Gasteiger charge is -2.30. The molecule has 1 aliphatic rings. The van der Waals surface area contributed by atoms with Crippen molar-refractivity contribution in [3.05, 3.63) is 24.2 Å². The second-order valence-electron chi connectivity index (χ2n) is 6.95. The average molecular weight is 337 g/mol. The quantitative estimate of drug-likeness (QED) is 0.637. The van der Waals surface area contributed by atoms with Crippen LogP contribution in [0.4, 0.5) is 4.79 Å². The minimum Gasteiger partial charge on any atom is -0.467 e. The summed E-state index contributed by atoms with van der Waals surface area (Å²) in [6, 6.07) is 3.17. The van der Waals surface area contributed by atoms with E-state index >= 15 is 0 Å². The van der Waals surface area contributed by atoms with Crippen molar-refractivity contribution in [1.29, 1.82) is 0 Å². The molecule has 1 aromatic rings. The van der Waals surface area contributed by atoms with Crippen molar-refractivity contribution >= 4 is 6.03 Å². The van der Waals surface area contributed by atoms with Gasteiger partial charge in [0.25, 0.3) is 0 Å². The molecule has 0 radical (unpaired) electrons. The first-order chi connectivity index (χ1) is 11.5. The van der Waals surface area contributed by atoms with E-state index in [1.807, 2.05) is 6.92 Å². The molecule has 2 rings (SSSR count). The highest BCUT2D eigenvalue weighted by molar-refractivity contribution is 5.74. The molecule has 2 heterocycles. The van der Waals surface area contributed by atoms with Gasteiger partial charge in [0.2, 0.25) is 0 Å². The first-order valence-electron chi connectivity index (χ1n) is 9.02. The fourth-order valence-electron chi connectivity index (χ4n) is 3.06. The van der Waals surface area contributed by atoms with Gasteiger partial charge < -0.3 is 25.1 Å². The molecule has 1 aromatic heterocycles. The van der Waals surface area contributed by atoms with Crippen molar-refractivity contribution in [3.8, 4) is 0 Å². The van der Waals surface area contributed by atoms with E-state index in [1.165, 1.54) is 32.2 Å². The Balaban J connectivity index is 1.54. The Bertz CT molecular complexity index is 470. The van der Waals surface area contributed by atoms with E-state index in [0.29, 0.717) is 18.7 Å². The fourth-order valence-corrected chi connectivity index (χ4v) is 3.06. The number of hydrogen-bond donors (Lipinski definition) is 3. The van der Waals surface area contributed by atoms with E-state index in [9.17, 15) is 9.90 Å². The molecule has 0 bridgehead atoms. The highest BCUT2D eigenvalue weighted by Crippen LogP contribution is 2.18. The van der Waals surface area contributed by atoms with Gasteiger partial charge in [0.1, 0.15) is 11.9 Å². The Hall–Kier alpha value is -1.53. The smallest absolute Gasteiger partial charge is 0.314 e. The van der Waals surface area contributed by atoms with E-state index in [4.69, 9.17) is 4.42 Å². The van der Waals surface area contributed by atoms with E-state index in [1.54, 1.807) is 12.1 Å². The van der Waals surface area contributed by atoms with Crippen LogP contribution in [0.3, 0.4) is 0 Å². The van der Waals surface area contributed by atoms with Crippen LogP contribution in [0.25, 0.3) is 0 Å². The molecule has 0 spiro atoms. The van der Waals surface area contributed by atoms with Crippen LogP contribution in [-0.2, 0) is 0 Å². The Morgan fingerprint density at radius 1 is 1.46 bits per heavy atom. The third-order valence-corrected chi connectivity index (χ3v) is 4.64. The minimum absolute atomic E-state index is 0.131. The van der Waals surface area contributed by atoms with Crippen LogP contribution in [0, 0.1) is 5.92 Å². The van der Waals surface area contributed by atoms with Crippen molar-refractivity contribution in [2.24, 2.45) is 5.92 Å². The molecule has 24 heavy (non-hydrogen) atoms. The molecule has 2 atom stereocenters. The van der Waals surface area contributed by atoms with E-state index in [-0.39, 0.29) is 12.1 Å². The van der Waals surface area contributed by atoms with Gasteiger partial charge in [-0.3, -0.25) is 0 Å². The van der Waals surface area contributed by atoms with Gasteiger partial charge in [-0.1, -0.05) is 6.92 Å². The monoisotopic (exact) mass is 337 g/mol. The van der Waals surface area contributed by atoms with Crippen LogP contribution in [0.15, 0.2) is 22.8 Å². The number of likely N-dealkylation sites (tertiary alicyclic amines) is 1. The predicted molar refractivity (Wildman–Crippen MR) is 93.7 cm³/mol. The maximum absolute atomic E-state index is 11.9. The Kier molecular flexibility index (Phi) is 7.59. The lowest BCUT2D eigenvalue weighted by molar-refractivity contribution is 0.129. The summed E-state index contributed by atoms with van der Waals surface area (Å²) in [4.78, 5) is 14.3. The van der Waals surface area contributed by atoms with Crippen LogP contribution in [0.5, 0.6) is 0 Å². The van der Waals surface area contributed by atoms with Crippen molar-refractivity contribution in [1.82, 2.24) is 15.5 Å². The summed E-state index contributed by atoms with van der Waals surface area (Å²) in [5.41, 5.74) is 0. The van der Waals surface area contributed by atoms with Gasteiger partial charge in [-0.05, 0) is 63.9 Å². The number of hydrogen-bond acceptors (Lipinski definition) is 4. The second-order valence-corrected chi connectivity index (χ2v) is 6.95. The molecular weight excluding hydrogens is 306 g/mol. The number of nitrogens with one attached hydrogen (secondary N) is 2. The van der Waals surface area contributed by atoms with Crippen LogP contribution in [-0.4, -0.2) is 48.3 Å². The minimum atomic E-state index is -0.697. The van der Waals surface area contributed by atoms with Gasteiger partial charge in [-0.2, -0.15) is 0 Å². The van der Waals surface area contributed by atoms with Crippen molar-refractivity contribution in [2.75, 3.05) is 26.2 Å². The maximum Gasteiger partial charge on any atom is 0.314 e. The third kappa shape index (κ3) is 6.53. The van der Waals surface area contributed by atoms with Crippen LogP contribution in [0.2, 0.25) is 0 Å². The van der Waals surface area contributed by atoms with Gasteiger partial charge in [0.15, 0.2) is 0 Å². The number of urea groups is 1. The van der Waals surface area contributed by atoms with Crippen molar-refractivity contribution in [3.63, 3.8) is 0 Å². The van der Waals surface area contributed by atoms with Gasteiger partial charge in [-0.15, -0.1) is 0 Å². The molecule has 3 N–H and O–H groups in total. The van der Waals surface area contributed by atoms with Crippen LogP contribution < -0.4 is 10.6 Å². The third-order valence-electron chi connectivity index (χ3n) is 4.64. The number of furan rings is 1. The van der Waals surface area contributed by atoms with Gasteiger partial charge >= 0.3 is 6.03 Å². The molecular formula is C18H31N3O3. The number of aliphatic hydroxyl groups is 1. The number of carbonyl (C=O) groups excluding carboxylic acids is 1. The number of amides is 2. The predicted octanol–water partition coefficient (Wildman–Crippen LogP) is 2.51. The SMILES string of the molecule is CC1CCN(CCCNC(=O)NC(C)CC(O)c2ccco2)CC1. The van der Waals surface area contributed by atoms with Gasteiger partial charge in [-0.25, -0.2) is 4.79 Å². The summed E-state index contributed by atoms with van der Waals surface area (Å²) >= 11 is 0. The summed E-state index contributed by atoms with van der Waals surface area (Å²) in [6.45, 7) is 8.25. The van der Waals surface area contributed by atoms with Gasteiger partial charge in [0.05, 0.1) is 6.26 Å². The second kappa shape index (κ2) is 9.69. The van der Waals surface area contributed by atoms with Crippen LogP contribution >= 0.6 is 0 Å². The van der Waals surface area contributed by atoms with Crippen molar-refractivity contribution < 1.29 is 14.3 Å². The van der Waals surface area contributed by atoms with E-state index < -0.39 is 6.10 Å². The van der Waals surface area contributed by atoms with Crippen LogP contribution in [0.1, 0.15) is 51.4 Å². The molecule has 2 amide bonds. The topological polar surface area (TPSA) is 77.7 Å².